The molecule has 8 heteroatoms. The quantitative estimate of drug-likeness (QED) is 0.851. The van der Waals surface area contributed by atoms with E-state index in [1.54, 1.807) is 7.05 Å². The minimum atomic E-state index is -1.47. The second-order valence-electron chi connectivity index (χ2n) is 5.48. The normalized spacial score (nSPS) is 24.9. The number of nitrogens with one attached hydrogen (secondary N) is 1. The molecule has 0 amide bonds. The molecule has 1 aromatic heterocycles. The Kier molecular flexibility index (Phi) is 3.88. The van der Waals surface area contributed by atoms with Crippen LogP contribution in [0.3, 0.4) is 0 Å². The molecule has 0 saturated carbocycles. The number of nitrogens with zero attached hydrogens (tertiary/aromatic N) is 2. The van der Waals surface area contributed by atoms with E-state index in [0.717, 1.165) is 16.3 Å². The van der Waals surface area contributed by atoms with Crippen molar-refractivity contribution in [3.8, 4) is 0 Å². The van der Waals surface area contributed by atoms with E-state index in [-0.39, 0.29) is 12.5 Å². The lowest BCUT2D eigenvalue weighted by molar-refractivity contribution is -0.239. The predicted molar refractivity (Wildman–Crippen MR) is 79.0 cm³/mol. The molecule has 2 N–H and O–H groups in total. The van der Waals surface area contributed by atoms with Crippen molar-refractivity contribution >= 4 is 0 Å². The number of hydrogen-bond acceptors (Lipinski definition) is 5. The first-order valence-corrected chi connectivity index (χ1v) is 7.06. The lowest BCUT2D eigenvalue weighted by Gasteiger charge is -2.27. The summed E-state index contributed by atoms with van der Waals surface area (Å²) in [5.74, 6) is -1.12. The number of halogens is 1. The van der Waals surface area contributed by atoms with E-state index in [0.29, 0.717) is 0 Å². The van der Waals surface area contributed by atoms with Crippen molar-refractivity contribution in [3.63, 3.8) is 0 Å². The number of benzene rings is 1. The van der Waals surface area contributed by atoms with Gasteiger partial charge in [-0.1, -0.05) is 30.3 Å². The lowest BCUT2D eigenvalue weighted by Crippen LogP contribution is -2.47. The van der Waals surface area contributed by atoms with Gasteiger partial charge in [0.2, 0.25) is 5.82 Å². The van der Waals surface area contributed by atoms with Crippen LogP contribution >= 0.6 is 0 Å². The molecule has 0 spiro atoms. The van der Waals surface area contributed by atoms with Gasteiger partial charge >= 0.3 is 5.69 Å². The lowest BCUT2D eigenvalue weighted by atomic mass is 9.98. The first-order chi connectivity index (χ1) is 11.0. The third kappa shape index (κ3) is 2.61. The van der Waals surface area contributed by atoms with Crippen LogP contribution in [0.2, 0.25) is 0 Å². The van der Waals surface area contributed by atoms with Crippen LogP contribution in [0.4, 0.5) is 4.39 Å². The summed E-state index contributed by atoms with van der Waals surface area (Å²) < 4.78 is 14.5. The molecule has 3 rings (SSSR count). The zero-order valence-electron chi connectivity index (χ0n) is 12.4. The SMILES string of the molecule is CN1O[C@](CO)(n2cc(F)c(=O)[nH]c2=O)C[C@@H]1c1ccccc1. The molecule has 0 radical (unpaired) electrons. The van der Waals surface area contributed by atoms with Crippen molar-refractivity contribution in [1.82, 2.24) is 14.6 Å². The van der Waals surface area contributed by atoms with Crippen LogP contribution in [0.25, 0.3) is 0 Å². The first-order valence-electron chi connectivity index (χ1n) is 7.06. The number of aromatic amines is 1. The van der Waals surface area contributed by atoms with Gasteiger partial charge in [0.15, 0.2) is 5.72 Å². The van der Waals surface area contributed by atoms with Gasteiger partial charge in [-0.25, -0.2) is 4.79 Å². The van der Waals surface area contributed by atoms with E-state index < -0.39 is 29.4 Å². The summed E-state index contributed by atoms with van der Waals surface area (Å²) >= 11 is 0. The van der Waals surface area contributed by atoms with E-state index in [1.807, 2.05) is 35.3 Å². The average molecular weight is 321 g/mol. The molecule has 1 saturated heterocycles. The number of aliphatic hydroxyl groups is 1. The maximum Gasteiger partial charge on any atom is 0.330 e. The van der Waals surface area contributed by atoms with Crippen LogP contribution in [0.15, 0.2) is 46.1 Å². The highest BCUT2D eigenvalue weighted by Crippen LogP contribution is 2.41. The summed E-state index contributed by atoms with van der Waals surface area (Å²) in [7, 11) is 1.67. The second kappa shape index (κ2) is 5.73. The van der Waals surface area contributed by atoms with Crippen LogP contribution < -0.4 is 11.2 Å². The summed E-state index contributed by atoms with van der Waals surface area (Å²) in [6.45, 7) is -0.550. The van der Waals surface area contributed by atoms with Gasteiger partial charge in [0.05, 0.1) is 18.8 Å². The van der Waals surface area contributed by atoms with Crippen molar-refractivity contribution in [1.29, 1.82) is 0 Å². The third-order valence-corrected chi connectivity index (χ3v) is 4.03. The highest BCUT2D eigenvalue weighted by molar-refractivity contribution is 5.20. The minimum Gasteiger partial charge on any atom is -0.391 e. The van der Waals surface area contributed by atoms with Gasteiger partial charge in [-0.15, -0.1) is 0 Å². The number of rotatable bonds is 3. The molecule has 1 aliphatic heterocycles. The average Bonchev–Trinajstić information content (AvgIpc) is 2.90. The van der Waals surface area contributed by atoms with Crippen LogP contribution in [0.5, 0.6) is 0 Å². The molecule has 7 nitrogen and oxygen atoms in total. The summed E-state index contributed by atoms with van der Waals surface area (Å²) in [4.78, 5) is 30.8. The van der Waals surface area contributed by atoms with E-state index >= 15 is 0 Å². The molecule has 0 bridgehead atoms. The largest absolute Gasteiger partial charge is 0.391 e. The van der Waals surface area contributed by atoms with Gasteiger partial charge in [0.25, 0.3) is 5.56 Å². The number of hydroxylamine groups is 2. The maximum atomic E-state index is 13.6. The fourth-order valence-electron chi connectivity index (χ4n) is 2.86. The van der Waals surface area contributed by atoms with Crippen LogP contribution in [0, 0.1) is 5.82 Å². The summed E-state index contributed by atoms with van der Waals surface area (Å²) in [5.41, 5.74) is -2.49. The zero-order chi connectivity index (χ0) is 16.6. The monoisotopic (exact) mass is 321 g/mol. The Labute approximate surface area is 130 Å². The van der Waals surface area contributed by atoms with Gasteiger partial charge in [0, 0.05) is 13.5 Å². The van der Waals surface area contributed by atoms with Gasteiger partial charge in [-0.3, -0.25) is 19.2 Å². The Morgan fingerprint density at radius 3 is 2.74 bits per heavy atom. The Bertz CT molecular complexity index is 819. The molecule has 2 aromatic rings. The second-order valence-corrected chi connectivity index (χ2v) is 5.48. The summed E-state index contributed by atoms with van der Waals surface area (Å²) in [6.07, 6.45) is 0.980. The maximum absolute atomic E-state index is 13.6. The number of hydrogen-bond donors (Lipinski definition) is 2. The molecular weight excluding hydrogens is 305 g/mol. The minimum absolute atomic E-state index is 0.218. The Morgan fingerprint density at radius 1 is 1.39 bits per heavy atom. The van der Waals surface area contributed by atoms with Crippen LogP contribution in [-0.4, -0.2) is 33.4 Å². The topological polar surface area (TPSA) is 87.6 Å². The molecule has 1 aromatic carbocycles. The van der Waals surface area contributed by atoms with E-state index in [2.05, 4.69) is 0 Å². The molecule has 1 aliphatic rings. The highest BCUT2D eigenvalue weighted by Gasteiger charge is 2.47. The van der Waals surface area contributed by atoms with E-state index in [4.69, 9.17) is 4.84 Å². The predicted octanol–water partition coefficient (Wildman–Crippen LogP) is 0.329. The molecule has 0 unspecified atom stereocenters. The Balaban J connectivity index is 2.05. The van der Waals surface area contributed by atoms with Crippen molar-refractivity contribution < 1.29 is 14.3 Å². The number of aliphatic hydroxyl groups excluding tert-OH is 1. The smallest absolute Gasteiger partial charge is 0.330 e. The van der Waals surface area contributed by atoms with E-state index in [9.17, 15) is 19.1 Å². The van der Waals surface area contributed by atoms with Gasteiger partial charge < -0.3 is 5.11 Å². The first kappa shape index (κ1) is 15.6. The van der Waals surface area contributed by atoms with Crippen molar-refractivity contribution in [2.75, 3.05) is 13.7 Å². The van der Waals surface area contributed by atoms with Crippen molar-refractivity contribution in [2.45, 2.75) is 18.2 Å². The van der Waals surface area contributed by atoms with Gasteiger partial charge in [-0.05, 0) is 5.56 Å². The fourth-order valence-corrected chi connectivity index (χ4v) is 2.86. The molecule has 0 aliphatic carbocycles. The molecule has 2 heterocycles. The highest BCUT2D eigenvalue weighted by atomic mass is 19.1. The molecule has 122 valence electrons. The number of aromatic nitrogens is 2. The number of H-pyrrole nitrogens is 1. The Hall–Kier alpha value is -2.29. The molecule has 2 atom stereocenters. The van der Waals surface area contributed by atoms with E-state index in [1.165, 1.54) is 5.06 Å². The zero-order valence-corrected chi connectivity index (χ0v) is 12.4. The Morgan fingerprint density at radius 2 is 2.09 bits per heavy atom. The van der Waals surface area contributed by atoms with Crippen molar-refractivity contribution in [2.24, 2.45) is 0 Å². The van der Waals surface area contributed by atoms with Gasteiger partial charge in [0.1, 0.15) is 0 Å². The van der Waals surface area contributed by atoms with Crippen LogP contribution in [-0.2, 0) is 10.6 Å². The molecule has 23 heavy (non-hydrogen) atoms. The summed E-state index contributed by atoms with van der Waals surface area (Å²) in [5, 5.41) is 11.3. The van der Waals surface area contributed by atoms with Gasteiger partial charge in [-0.2, -0.15) is 9.45 Å². The standard InChI is InChI=1S/C15H16FN3O4/c1-18-12(10-5-3-2-4-6-10)7-15(9-20,23-18)19-8-11(16)13(21)17-14(19)22/h2-6,8,12,20H,7,9H2,1H3,(H,17,21,22)/t12-,15-/m1/s1. The van der Waals surface area contributed by atoms with Crippen molar-refractivity contribution in [3.05, 3.63) is 68.7 Å². The summed E-state index contributed by atoms with van der Waals surface area (Å²) in [6, 6.07) is 9.18. The van der Waals surface area contributed by atoms with Crippen LogP contribution in [0.1, 0.15) is 18.0 Å². The fraction of sp³-hybridized carbons (Fsp3) is 0.333. The molecule has 1 fully saturated rings. The molecular formula is C15H16FN3O4. The third-order valence-electron chi connectivity index (χ3n) is 4.03.